The van der Waals surface area contributed by atoms with Gasteiger partial charge < -0.3 is 4.90 Å². The predicted molar refractivity (Wildman–Crippen MR) is 87.5 cm³/mol. The molecule has 0 aliphatic rings. The van der Waals surface area contributed by atoms with Crippen molar-refractivity contribution in [2.45, 2.75) is 4.90 Å². The van der Waals surface area contributed by atoms with Crippen molar-refractivity contribution in [3.63, 3.8) is 0 Å². The number of sulfonamides is 1. The number of rotatable bonds is 4. The van der Waals surface area contributed by atoms with Gasteiger partial charge in [-0.1, -0.05) is 36.4 Å². The minimum atomic E-state index is -3.63. The Bertz CT molecular complexity index is 731. The average Bonchev–Trinajstić information content (AvgIpc) is 2.45. The van der Waals surface area contributed by atoms with E-state index >= 15 is 0 Å². The molecule has 0 aliphatic heterocycles. The second-order valence-electron chi connectivity index (χ2n) is 4.93. The van der Waals surface area contributed by atoms with Crippen LogP contribution in [0, 0.1) is 0 Å². The predicted octanol–water partition coefficient (Wildman–Crippen LogP) is 2.57. The number of hydrogen-bond acceptors (Lipinski definition) is 3. The van der Waals surface area contributed by atoms with E-state index in [2.05, 4.69) is 0 Å². The first-order chi connectivity index (χ1) is 9.86. The third kappa shape index (κ3) is 4.18. The zero-order valence-electron chi connectivity index (χ0n) is 12.0. The molecular weight excluding hydrogens is 284 g/mol. The molecule has 2 aromatic rings. The van der Waals surface area contributed by atoms with E-state index in [-0.39, 0.29) is 4.90 Å². The Morgan fingerprint density at radius 3 is 1.67 bits per heavy atom. The van der Waals surface area contributed by atoms with Gasteiger partial charge in [-0.3, -0.25) is 0 Å². The van der Waals surface area contributed by atoms with Gasteiger partial charge in [0.1, 0.15) is 0 Å². The second-order valence-corrected chi connectivity index (χ2v) is 6.49. The summed E-state index contributed by atoms with van der Waals surface area (Å²) in [6.45, 7) is 0. The van der Waals surface area contributed by atoms with E-state index in [1.165, 1.54) is 12.1 Å². The zero-order chi connectivity index (χ0) is 15.5. The molecule has 110 valence electrons. The van der Waals surface area contributed by atoms with Crippen molar-refractivity contribution < 1.29 is 8.42 Å². The van der Waals surface area contributed by atoms with Gasteiger partial charge in [-0.15, -0.1) is 0 Å². The maximum absolute atomic E-state index is 11.2. The number of hydrogen-bond donors (Lipinski definition) is 1. The smallest absolute Gasteiger partial charge is 0.238 e. The van der Waals surface area contributed by atoms with Gasteiger partial charge in [0.2, 0.25) is 10.0 Å². The van der Waals surface area contributed by atoms with Gasteiger partial charge in [0.25, 0.3) is 0 Å². The average molecular weight is 302 g/mol. The summed E-state index contributed by atoms with van der Waals surface area (Å²) >= 11 is 0. The summed E-state index contributed by atoms with van der Waals surface area (Å²) in [7, 11) is 0.367. The lowest BCUT2D eigenvalue weighted by Gasteiger charge is -2.11. The molecule has 0 spiro atoms. The Kier molecular flexibility index (Phi) is 4.45. The van der Waals surface area contributed by atoms with Gasteiger partial charge in [-0.05, 0) is 35.4 Å². The van der Waals surface area contributed by atoms with Crippen LogP contribution in [0.5, 0.6) is 0 Å². The number of nitrogens with zero attached hydrogens (tertiary/aromatic N) is 1. The molecule has 0 aromatic heterocycles. The van der Waals surface area contributed by atoms with Crippen LogP contribution in [0.3, 0.4) is 0 Å². The monoisotopic (exact) mass is 302 g/mol. The lowest BCUT2D eigenvalue weighted by molar-refractivity contribution is 0.598. The first-order valence-electron chi connectivity index (χ1n) is 6.44. The van der Waals surface area contributed by atoms with Crippen LogP contribution >= 0.6 is 0 Å². The largest absolute Gasteiger partial charge is 0.378 e. The summed E-state index contributed by atoms with van der Waals surface area (Å²) in [6, 6.07) is 14.6. The Morgan fingerprint density at radius 1 is 0.857 bits per heavy atom. The van der Waals surface area contributed by atoms with E-state index in [1.54, 1.807) is 12.1 Å². The number of primary sulfonamides is 1. The SMILES string of the molecule is CN(C)c1ccc(/C=C/c2ccc(S(N)(=O)=O)cc2)cc1. The molecule has 0 aliphatic carbocycles. The number of nitrogens with two attached hydrogens (primary N) is 1. The minimum absolute atomic E-state index is 0.120. The maximum atomic E-state index is 11.2. The van der Waals surface area contributed by atoms with Crippen molar-refractivity contribution in [2.75, 3.05) is 19.0 Å². The molecule has 5 heteroatoms. The molecule has 0 amide bonds. The van der Waals surface area contributed by atoms with E-state index in [0.717, 1.165) is 16.8 Å². The Balaban J connectivity index is 2.14. The fourth-order valence-electron chi connectivity index (χ4n) is 1.84. The lowest BCUT2D eigenvalue weighted by atomic mass is 10.1. The van der Waals surface area contributed by atoms with Crippen LogP contribution in [-0.2, 0) is 10.0 Å². The standard InChI is InChI=1S/C16H18N2O2S/c1-18(2)15-9-5-13(6-10-15)3-4-14-7-11-16(12-8-14)21(17,19)20/h3-12H,1-2H3,(H2,17,19,20)/b4-3+. The van der Waals surface area contributed by atoms with Crippen molar-refractivity contribution >= 4 is 27.9 Å². The van der Waals surface area contributed by atoms with Crippen LogP contribution in [0.25, 0.3) is 12.2 Å². The maximum Gasteiger partial charge on any atom is 0.238 e. The van der Waals surface area contributed by atoms with Gasteiger partial charge in [0.05, 0.1) is 4.90 Å². The van der Waals surface area contributed by atoms with Crippen molar-refractivity contribution in [1.82, 2.24) is 0 Å². The van der Waals surface area contributed by atoms with E-state index in [4.69, 9.17) is 5.14 Å². The van der Waals surface area contributed by atoms with Crippen LogP contribution in [0.15, 0.2) is 53.4 Å². The zero-order valence-corrected chi connectivity index (χ0v) is 12.8. The molecule has 2 rings (SSSR count). The third-order valence-electron chi connectivity index (χ3n) is 3.09. The van der Waals surface area contributed by atoms with Crippen LogP contribution < -0.4 is 10.0 Å². The van der Waals surface area contributed by atoms with Crippen molar-refractivity contribution in [1.29, 1.82) is 0 Å². The Hall–Kier alpha value is -2.11. The quantitative estimate of drug-likeness (QED) is 0.883. The summed E-state index contributed by atoms with van der Waals surface area (Å²) < 4.78 is 22.3. The van der Waals surface area contributed by atoms with Crippen LogP contribution in [0.4, 0.5) is 5.69 Å². The fourth-order valence-corrected chi connectivity index (χ4v) is 2.36. The molecule has 0 heterocycles. The fraction of sp³-hybridized carbons (Fsp3) is 0.125. The van der Waals surface area contributed by atoms with Gasteiger partial charge >= 0.3 is 0 Å². The lowest BCUT2D eigenvalue weighted by Crippen LogP contribution is -2.11. The molecule has 4 nitrogen and oxygen atoms in total. The highest BCUT2D eigenvalue weighted by atomic mass is 32.2. The molecule has 0 bridgehead atoms. The molecule has 0 atom stereocenters. The topological polar surface area (TPSA) is 63.4 Å². The number of benzene rings is 2. The summed E-state index contributed by atoms with van der Waals surface area (Å²) in [5.41, 5.74) is 3.14. The van der Waals surface area contributed by atoms with Crippen molar-refractivity contribution in [3.8, 4) is 0 Å². The molecule has 0 saturated carbocycles. The summed E-state index contributed by atoms with van der Waals surface area (Å²) in [5, 5.41) is 5.06. The van der Waals surface area contributed by atoms with Crippen molar-refractivity contribution in [3.05, 3.63) is 59.7 Å². The van der Waals surface area contributed by atoms with Gasteiger partial charge in [-0.2, -0.15) is 0 Å². The van der Waals surface area contributed by atoms with Gasteiger partial charge in [0, 0.05) is 19.8 Å². The molecule has 0 radical (unpaired) electrons. The van der Waals surface area contributed by atoms with Crippen LogP contribution in [0.1, 0.15) is 11.1 Å². The number of anilines is 1. The summed E-state index contributed by atoms with van der Waals surface area (Å²) in [6.07, 6.45) is 3.91. The first kappa shape index (κ1) is 15.3. The van der Waals surface area contributed by atoms with Gasteiger partial charge in [-0.25, -0.2) is 13.6 Å². The molecule has 0 saturated heterocycles. The molecule has 2 aromatic carbocycles. The first-order valence-corrected chi connectivity index (χ1v) is 7.99. The molecule has 21 heavy (non-hydrogen) atoms. The highest BCUT2D eigenvalue weighted by Gasteiger charge is 2.05. The minimum Gasteiger partial charge on any atom is -0.378 e. The van der Waals surface area contributed by atoms with E-state index in [9.17, 15) is 8.42 Å². The highest BCUT2D eigenvalue weighted by Crippen LogP contribution is 2.15. The Morgan fingerprint density at radius 2 is 1.29 bits per heavy atom. The molecule has 0 fully saturated rings. The van der Waals surface area contributed by atoms with E-state index in [0.29, 0.717) is 0 Å². The van der Waals surface area contributed by atoms with Gasteiger partial charge in [0.15, 0.2) is 0 Å². The van der Waals surface area contributed by atoms with Crippen LogP contribution in [0.2, 0.25) is 0 Å². The molecule has 0 unspecified atom stereocenters. The summed E-state index contributed by atoms with van der Waals surface area (Å²) in [5.74, 6) is 0. The second kappa shape index (κ2) is 6.11. The van der Waals surface area contributed by atoms with Crippen LogP contribution in [-0.4, -0.2) is 22.5 Å². The summed E-state index contributed by atoms with van der Waals surface area (Å²) in [4.78, 5) is 2.16. The molecule has 2 N–H and O–H groups in total. The Labute approximate surface area is 125 Å². The highest BCUT2D eigenvalue weighted by molar-refractivity contribution is 7.89. The van der Waals surface area contributed by atoms with Crippen molar-refractivity contribution in [2.24, 2.45) is 5.14 Å². The normalized spacial score (nSPS) is 11.8. The van der Waals surface area contributed by atoms with E-state index < -0.39 is 10.0 Å². The third-order valence-corrected chi connectivity index (χ3v) is 4.02. The molecular formula is C16H18N2O2S. The van der Waals surface area contributed by atoms with E-state index in [1.807, 2.05) is 55.4 Å².